The Bertz CT molecular complexity index is 285. The molecule has 1 fully saturated rings. The summed E-state index contributed by atoms with van der Waals surface area (Å²) in [5.41, 5.74) is -0.490. The van der Waals surface area contributed by atoms with Crippen molar-refractivity contribution in [2.45, 2.75) is 44.6 Å². The Kier molecular flexibility index (Phi) is 2.88. The van der Waals surface area contributed by atoms with Crippen LogP contribution in [-0.2, 0) is 6.42 Å². The molecule has 1 N–H and O–H groups in total. The fraction of sp³-hybridized carbons (Fsp3) is 0.727. The first-order valence-electron chi connectivity index (χ1n) is 5.31. The van der Waals surface area contributed by atoms with Crippen LogP contribution in [0.4, 0.5) is 0 Å². The summed E-state index contributed by atoms with van der Waals surface area (Å²) in [5.74, 6) is 0.417. The van der Waals surface area contributed by atoms with Crippen LogP contribution in [0.3, 0.4) is 0 Å². The van der Waals surface area contributed by atoms with Crippen LogP contribution in [0.1, 0.15) is 37.6 Å². The van der Waals surface area contributed by atoms with Crippen molar-refractivity contribution in [1.82, 2.24) is 4.98 Å². The number of aromatic nitrogens is 1. The van der Waals surface area contributed by atoms with E-state index >= 15 is 0 Å². The Labute approximate surface area is 89.0 Å². The van der Waals surface area contributed by atoms with E-state index in [9.17, 15) is 5.11 Å². The van der Waals surface area contributed by atoms with Crippen molar-refractivity contribution >= 4 is 11.3 Å². The van der Waals surface area contributed by atoms with E-state index in [1.807, 2.05) is 11.6 Å². The smallest absolute Gasteiger partial charge is 0.0953 e. The zero-order chi connectivity index (χ0) is 10.0. The van der Waals surface area contributed by atoms with E-state index in [1.54, 1.807) is 11.3 Å². The number of hydrogen-bond acceptors (Lipinski definition) is 3. The molecule has 1 aromatic heterocycles. The molecule has 0 spiro atoms. The highest BCUT2D eigenvalue weighted by molar-refractivity contribution is 7.09. The highest BCUT2D eigenvalue weighted by Crippen LogP contribution is 2.36. The van der Waals surface area contributed by atoms with Gasteiger partial charge in [-0.15, -0.1) is 11.3 Å². The van der Waals surface area contributed by atoms with Gasteiger partial charge in [-0.2, -0.15) is 0 Å². The lowest BCUT2D eigenvalue weighted by molar-refractivity contribution is -0.0405. The Morgan fingerprint density at radius 1 is 1.64 bits per heavy atom. The molecule has 1 aliphatic rings. The molecule has 2 rings (SSSR count). The van der Waals surface area contributed by atoms with Gasteiger partial charge in [0.05, 0.1) is 10.6 Å². The summed E-state index contributed by atoms with van der Waals surface area (Å²) in [7, 11) is 0. The normalized spacial score (nSPS) is 33.1. The van der Waals surface area contributed by atoms with Gasteiger partial charge in [0, 0.05) is 18.0 Å². The van der Waals surface area contributed by atoms with E-state index in [1.165, 1.54) is 6.42 Å². The topological polar surface area (TPSA) is 33.1 Å². The van der Waals surface area contributed by atoms with E-state index < -0.39 is 5.60 Å². The Hall–Kier alpha value is -0.410. The second-order valence-corrected chi connectivity index (χ2v) is 5.33. The maximum absolute atomic E-state index is 10.5. The summed E-state index contributed by atoms with van der Waals surface area (Å²) < 4.78 is 0. The molecule has 1 saturated carbocycles. The minimum atomic E-state index is -0.490. The summed E-state index contributed by atoms with van der Waals surface area (Å²) in [4.78, 5) is 4.25. The van der Waals surface area contributed by atoms with Gasteiger partial charge in [0.25, 0.3) is 0 Å². The molecule has 0 bridgehead atoms. The van der Waals surface area contributed by atoms with Gasteiger partial charge < -0.3 is 5.11 Å². The molecular formula is C11H17NOS. The highest BCUT2D eigenvalue weighted by atomic mass is 32.1. The Morgan fingerprint density at radius 3 is 3.14 bits per heavy atom. The van der Waals surface area contributed by atoms with Gasteiger partial charge in [-0.1, -0.05) is 19.8 Å². The molecule has 0 aliphatic heterocycles. The van der Waals surface area contributed by atoms with Crippen LogP contribution >= 0.6 is 11.3 Å². The largest absolute Gasteiger partial charge is 0.389 e. The quantitative estimate of drug-likeness (QED) is 0.815. The number of aliphatic hydroxyl groups is 1. The predicted octanol–water partition coefficient (Wildman–Crippen LogP) is 2.63. The van der Waals surface area contributed by atoms with Crippen molar-refractivity contribution in [3.05, 3.63) is 16.6 Å². The maximum atomic E-state index is 10.5. The number of nitrogens with zero attached hydrogens (tertiary/aromatic N) is 1. The van der Waals surface area contributed by atoms with E-state index in [0.29, 0.717) is 5.92 Å². The summed E-state index contributed by atoms with van der Waals surface area (Å²) in [6.45, 7) is 2.16. The third kappa shape index (κ3) is 1.98. The fourth-order valence-corrected chi connectivity index (χ4v) is 3.00. The second kappa shape index (κ2) is 3.99. The molecule has 14 heavy (non-hydrogen) atoms. The van der Waals surface area contributed by atoms with Gasteiger partial charge in [0.2, 0.25) is 0 Å². The van der Waals surface area contributed by atoms with Crippen LogP contribution in [0.15, 0.2) is 11.6 Å². The van der Waals surface area contributed by atoms with Crippen molar-refractivity contribution in [2.24, 2.45) is 5.92 Å². The van der Waals surface area contributed by atoms with E-state index in [-0.39, 0.29) is 0 Å². The molecule has 1 aromatic rings. The molecule has 2 unspecified atom stereocenters. The van der Waals surface area contributed by atoms with Gasteiger partial charge in [-0.3, -0.25) is 0 Å². The molecule has 1 aliphatic carbocycles. The monoisotopic (exact) mass is 211 g/mol. The van der Waals surface area contributed by atoms with Crippen LogP contribution < -0.4 is 0 Å². The molecule has 0 saturated heterocycles. The molecule has 0 radical (unpaired) electrons. The van der Waals surface area contributed by atoms with Crippen LogP contribution in [-0.4, -0.2) is 15.7 Å². The van der Waals surface area contributed by atoms with Gasteiger partial charge in [0.15, 0.2) is 0 Å². The Morgan fingerprint density at radius 2 is 2.50 bits per heavy atom. The number of hydrogen-bond donors (Lipinski definition) is 1. The first-order chi connectivity index (χ1) is 6.71. The van der Waals surface area contributed by atoms with Gasteiger partial charge in [-0.25, -0.2) is 4.98 Å². The first-order valence-corrected chi connectivity index (χ1v) is 6.19. The molecule has 78 valence electrons. The maximum Gasteiger partial charge on any atom is 0.0953 e. The summed E-state index contributed by atoms with van der Waals surface area (Å²) in [6, 6.07) is 0. The van der Waals surface area contributed by atoms with E-state index in [4.69, 9.17) is 0 Å². The second-order valence-electron chi connectivity index (χ2n) is 4.35. The van der Waals surface area contributed by atoms with Crippen LogP contribution in [0, 0.1) is 5.92 Å². The summed E-state index contributed by atoms with van der Waals surface area (Å²) in [5, 5.41) is 13.5. The zero-order valence-electron chi connectivity index (χ0n) is 8.57. The molecule has 0 aromatic carbocycles. The van der Waals surface area contributed by atoms with E-state index in [2.05, 4.69) is 11.9 Å². The Balaban J connectivity index is 2.07. The SMILES string of the molecule is CC1CCCCC1(O)Cc1nccs1. The lowest BCUT2D eigenvalue weighted by Crippen LogP contribution is -2.41. The first kappa shape index (κ1) is 10.1. The lowest BCUT2D eigenvalue weighted by Gasteiger charge is -2.37. The standard InChI is InChI=1S/C11H17NOS/c1-9-4-2-3-5-11(9,13)8-10-12-6-7-14-10/h6-7,9,13H,2-5,8H2,1H3. The van der Waals surface area contributed by atoms with Crippen molar-refractivity contribution in [3.8, 4) is 0 Å². The fourth-order valence-electron chi connectivity index (χ4n) is 2.26. The third-order valence-corrected chi connectivity index (χ3v) is 4.13. The average molecular weight is 211 g/mol. The molecule has 3 heteroatoms. The van der Waals surface area contributed by atoms with Crippen LogP contribution in [0.2, 0.25) is 0 Å². The minimum absolute atomic E-state index is 0.417. The van der Waals surface area contributed by atoms with Crippen LogP contribution in [0.5, 0.6) is 0 Å². The predicted molar refractivity (Wildman–Crippen MR) is 58.4 cm³/mol. The van der Waals surface area contributed by atoms with E-state index in [0.717, 1.165) is 30.7 Å². The zero-order valence-corrected chi connectivity index (χ0v) is 9.39. The molecule has 2 atom stereocenters. The molecular weight excluding hydrogens is 194 g/mol. The van der Waals surface area contributed by atoms with Crippen molar-refractivity contribution in [1.29, 1.82) is 0 Å². The minimum Gasteiger partial charge on any atom is -0.389 e. The van der Waals surface area contributed by atoms with Gasteiger partial charge in [0.1, 0.15) is 0 Å². The lowest BCUT2D eigenvalue weighted by atomic mass is 9.75. The van der Waals surface area contributed by atoms with Crippen LogP contribution in [0.25, 0.3) is 0 Å². The highest BCUT2D eigenvalue weighted by Gasteiger charge is 2.36. The van der Waals surface area contributed by atoms with Crippen molar-refractivity contribution in [3.63, 3.8) is 0 Å². The molecule has 0 amide bonds. The number of thiazole rings is 1. The van der Waals surface area contributed by atoms with Crippen molar-refractivity contribution in [2.75, 3.05) is 0 Å². The summed E-state index contributed by atoms with van der Waals surface area (Å²) in [6.07, 6.45) is 7.08. The van der Waals surface area contributed by atoms with Gasteiger partial charge in [-0.05, 0) is 18.8 Å². The van der Waals surface area contributed by atoms with Gasteiger partial charge >= 0.3 is 0 Å². The molecule has 2 nitrogen and oxygen atoms in total. The number of rotatable bonds is 2. The summed E-state index contributed by atoms with van der Waals surface area (Å²) >= 11 is 1.65. The molecule has 1 heterocycles. The third-order valence-electron chi connectivity index (χ3n) is 3.35. The average Bonchev–Trinajstić information content (AvgIpc) is 2.63. The van der Waals surface area contributed by atoms with Crippen molar-refractivity contribution < 1.29 is 5.11 Å².